The lowest BCUT2D eigenvalue weighted by Gasteiger charge is -2.12. The molecule has 0 saturated carbocycles. The zero-order valence-electron chi connectivity index (χ0n) is 15.2. The van der Waals surface area contributed by atoms with Crippen LogP contribution in [0.15, 0.2) is 39.7 Å². The second-order valence-corrected chi connectivity index (χ2v) is 6.72. The van der Waals surface area contributed by atoms with Crippen LogP contribution in [0.25, 0.3) is 10.8 Å². The van der Waals surface area contributed by atoms with Crippen LogP contribution in [0.1, 0.15) is 16.1 Å². The Morgan fingerprint density at radius 2 is 1.97 bits per heavy atom. The average Bonchev–Trinajstić information content (AvgIpc) is 2.98. The van der Waals surface area contributed by atoms with Gasteiger partial charge in [-0.15, -0.1) is 0 Å². The van der Waals surface area contributed by atoms with E-state index in [2.05, 4.69) is 26.5 Å². The van der Waals surface area contributed by atoms with E-state index < -0.39 is 28.2 Å². The third kappa shape index (κ3) is 3.74. The van der Waals surface area contributed by atoms with Gasteiger partial charge in [0.2, 0.25) is 0 Å². The van der Waals surface area contributed by atoms with Crippen molar-refractivity contribution >= 4 is 44.4 Å². The number of benzene rings is 1. The summed E-state index contributed by atoms with van der Waals surface area (Å²) in [7, 11) is 1.20. The molecule has 0 bridgehead atoms. The fourth-order valence-corrected chi connectivity index (χ4v) is 3.16. The van der Waals surface area contributed by atoms with Gasteiger partial charge in [-0.25, -0.2) is 9.47 Å². The second kappa shape index (κ2) is 7.83. The first-order valence-electron chi connectivity index (χ1n) is 8.14. The first-order chi connectivity index (χ1) is 13.7. The number of nitrogens with one attached hydrogen (secondary N) is 1. The molecule has 11 nitrogen and oxygen atoms in total. The number of nitro groups is 1. The Morgan fingerprint density at radius 1 is 1.31 bits per heavy atom. The van der Waals surface area contributed by atoms with E-state index >= 15 is 0 Å². The molecule has 0 fully saturated rings. The maximum atomic E-state index is 12.7. The van der Waals surface area contributed by atoms with Crippen molar-refractivity contribution < 1.29 is 19.2 Å². The molecule has 0 aliphatic heterocycles. The van der Waals surface area contributed by atoms with Crippen molar-refractivity contribution in [2.75, 3.05) is 12.5 Å². The van der Waals surface area contributed by atoms with Gasteiger partial charge < -0.3 is 14.9 Å². The second-order valence-electron chi connectivity index (χ2n) is 5.93. The van der Waals surface area contributed by atoms with Crippen LogP contribution in [0.2, 0.25) is 0 Å². The summed E-state index contributed by atoms with van der Waals surface area (Å²) in [4.78, 5) is 47.5. The number of hydrogen-bond donors (Lipinski definition) is 1. The van der Waals surface area contributed by atoms with Crippen molar-refractivity contribution in [2.24, 2.45) is 0 Å². The number of nitrogens with zero attached hydrogens (tertiary/aromatic N) is 4. The molecule has 0 unspecified atom stereocenters. The first-order valence-corrected chi connectivity index (χ1v) is 8.93. The lowest BCUT2D eigenvalue weighted by Crippen LogP contribution is -2.35. The quantitative estimate of drug-likeness (QED) is 0.345. The predicted molar refractivity (Wildman–Crippen MR) is 105 cm³/mol. The molecule has 3 aromatic rings. The maximum Gasteiger partial charge on any atom is 0.404 e. The highest BCUT2D eigenvalue weighted by Gasteiger charge is 2.25. The molecule has 0 aliphatic rings. The molecule has 1 N–H and O–H groups in total. The van der Waals surface area contributed by atoms with E-state index in [9.17, 15) is 24.5 Å². The van der Waals surface area contributed by atoms with Gasteiger partial charge >= 0.3 is 11.8 Å². The molecular formula is C17H14BrN5O6. The van der Waals surface area contributed by atoms with Gasteiger partial charge in [0.15, 0.2) is 0 Å². The van der Waals surface area contributed by atoms with E-state index in [1.54, 1.807) is 25.1 Å². The smallest absolute Gasteiger partial charge is 0.404 e. The highest BCUT2D eigenvalue weighted by molar-refractivity contribution is 9.10. The Kier molecular flexibility index (Phi) is 5.46. The number of carbonyl (C=O) groups is 2. The summed E-state index contributed by atoms with van der Waals surface area (Å²) < 4.78 is 6.91. The van der Waals surface area contributed by atoms with Crippen LogP contribution in [0.3, 0.4) is 0 Å². The molecule has 0 saturated heterocycles. The number of ether oxygens (including phenoxy) is 1. The lowest BCUT2D eigenvalue weighted by molar-refractivity contribution is -0.390. The molecule has 1 amide bonds. The number of aromatic nitrogens is 3. The Hall–Kier alpha value is -3.54. The first kappa shape index (κ1) is 20.2. The number of esters is 1. The SMILES string of the molecule is COC(=O)c1cn(NC(=O)Cn2nc([N+](=O)[O-])c(Br)c2C)c(=O)c2ccccc12. The fraction of sp³-hybridized carbons (Fsp3) is 0.176. The number of pyridine rings is 1. The number of fused-ring (bicyclic) bond motifs is 1. The summed E-state index contributed by atoms with van der Waals surface area (Å²) in [6.45, 7) is 1.17. The number of halogens is 1. The van der Waals surface area contributed by atoms with E-state index in [4.69, 9.17) is 4.74 Å². The average molecular weight is 464 g/mol. The van der Waals surface area contributed by atoms with Crippen molar-refractivity contribution in [3.63, 3.8) is 0 Å². The minimum Gasteiger partial charge on any atom is -0.465 e. The topological polar surface area (TPSA) is 138 Å². The number of rotatable bonds is 5. The van der Waals surface area contributed by atoms with Crippen LogP contribution in [-0.2, 0) is 16.1 Å². The van der Waals surface area contributed by atoms with Crippen LogP contribution in [0.4, 0.5) is 5.82 Å². The Labute approximate surface area is 171 Å². The number of carbonyl (C=O) groups excluding carboxylic acids is 2. The van der Waals surface area contributed by atoms with Crippen LogP contribution >= 0.6 is 15.9 Å². The Morgan fingerprint density at radius 3 is 2.55 bits per heavy atom. The van der Waals surface area contributed by atoms with Crippen LogP contribution in [-0.4, -0.2) is 38.4 Å². The molecule has 0 radical (unpaired) electrons. The lowest BCUT2D eigenvalue weighted by atomic mass is 10.1. The van der Waals surface area contributed by atoms with E-state index in [-0.39, 0.29) is 22.0 Å². The molecule has 1 aromatic carbocycles. The normalized spacial score (nSPS) is 10.7. The number of amides is 1. The van der Waals surface area contributed by atoms with Gasteiger partial charge in [0.25, 0.3) is 11.5 Å². The highest BCUT2D eigenvalue weighted by atomic mass is 79.9. The number of hydrogen-bond acceptors (Lipinski definition) is 7. The summed E-state index contributed by atoms with van der Waals surface area (Å²) in [5, 5.41) is 15.3. The zero-order valence-corrected chi connectivity index (χ0v) is 16.8. The van der Waals surface area contributed by atoms with Crippen LogP contribution in [0.5, 0.6) is 0 Å². The molecular weight excluding hydrogens is 450 g/mol. The van der Waals surface area contributed by atoms with Gasteiger partial charge in [-0.05, 0) is 33.8 Å². The maximum absolute atomic E-state index is 12.7. The van der Waals surface area contributed by atoms with Gasteiger partial charge in [0.05, 0.1) is 23.5 Å². The van der Waals surface area contributed by atoms with Gasteiger partial charge in [-0.3, -0.25) is 15.0 Å². The van der Waals surface area contributed by atoms with Gasteiger partial charge in [0.1, 0.15) is 11.0 Å². The minimum atomic E-state index is -0.679. The summed E-state index contributed by atoms with van der Waals surface area (Å²) in [5.41, 5.74) is 2.28. The molecule has 0 atom stereocenters. The summed E-state index contributed by atoms with van der Waals surface area (Å²) >= 11 is 3.07. The molecule has 3 rings (SSSR count). The minimum absolute atomic E-state index is 0.0941. The molecule has 2 aromatic heterocycles. The largest absolute Gasteiger partial charge is 0.465 e. The zero-order chi connectivity index (χ0) is 21.3. The summed E-state index contributed by atoms with van der Waals surface area (Å²) in [6, 6.07) is 6.41. The molecule has 150 valence electrons. The Balaban J connectivity index is 1.96. The molecule has 12 heteroatoms. The standard InChI is InChI=1S/C17H14BrN5O6/c1-9-14(18)15(23(27)28)20-21(9)8-13(24)19-22-7-12(17(26)29-2)10-5-3-4-6-11(10)16(22)25/h3-7H,8H2,1-2H3,(H,19,24). The molecule has 0 spiro atoms. The predicted octanol–water partition coefficient (Wildman–Crippen LogP) is 1.73. The third-order valence-corrected chi connectivity index (χ3v) is 5.09. The summed E-state index contributed by atoms with van der Waals surface area (Å²) in [5.74, 6) is -1.77. The molecule has 29 heavy (non-hydrogen) atoms. The van der Waals surface area contributed by atoms with Crippen molar-refractivity contribution in [1.29, 1.82) is 0 Å². The van der Waals surface area contributed by atoms with Crippen molar-refractivity contribution in [2.45, 2.75) is 13.5 Å². The monoisotopic (exact) mass is 463 g/mol. The van der Waals surface area contributed by atoms with Crippen LogP contribution < -0.4 is 11.0 Å². The van der Waals surface area contributed by atoms with Crippen molar-refractivity contribution in [3.8, 4) is 0 Å². The van der Waals surface area contributed by atoms with Gasteiger partial charge in [-0.1, -0.05) is 18.2 Å². The highest BCUT2D eigenvalue weighted by Crippen LogP contribution is 2.26. The van der Waals surface area contributed by atoms with E-state index in [1.807, 2.05) is 0 Å². The van der Waals surface area contributed by atoms with E-state index in [0.717, 1.165) is 9.36 Å². The molecule has 0 aliphatic carbocycles. The van der Waals surface area contributed by atoms with Crippen molar-refractivity contribution in [1.82, 2.24) is 14.5 Å². The van der Waals surface area contributed by atoms with E-state index in [1.165, 1.54) is 19.4 Å². The number of methoxy groups -OCH3 is 1. The Bertz CT molecular complexity index is 1210. The summed E-state index contributed by atoms with van der Waals surface area (Å²) in [6.07, 6.45) is 1.17. The van der Waals surface area contributed by atoms with E-state index in [0.29, 0.717) is 11.1 Å². The fourth-order valence-electron chi connectivity index (χ4n) is 2.73. The van der Waals surface area contributed by atoms with Gasteiger partial charge in [0, 0.05) is 17.0 Å². The molecule has 2 heterocycles. The van der Waals surface area contributed by atoms with Crippen molar-refractivity contribution in [3.05, 3.63) is 66.7 Å². The van der Waals surface area contributed by atoms with Crippen LogP contribution in [0, 0.1) is 17.0 Å². The van der Waals surface area contributed by atoms with Gasteiger partial charge in [-0.2, -0.15) is 4.68 Å². The third-order valence-electron chi connectivity index (χ3n) is 4.16.